The van der Waals surface area contributed by atoms with Gasteiger partial charge >= 0.3 is 5.97 Å². The molecule has 3 nitrogen and oxygen atoms in total. The Morgan fingerprint density at radius 3 is 2.65 bits per heavy atom. The van der Waals surface area contributed by atoms with Gasteiger partial charge in [-0.1, -0.05) is 6.07 Å². The number of aromatic nitrogens is 1. The summed E-state index contributed by atoms with van der Waals surface area (Å²) in [6.07, 6.45) is 1.27. The fraction of sp³-hybridized carbons (Fsp3) is 0.0769. The van der Waals surface area contributed by atoms with E-state index < -0.39 is 5.97 Å². The molecule has 0 radical (unpaired) electrons. The molecule has 17 heavy (non-hydrogen) atoms. The summed E-state index contributed by atoms with van der Waals surface area (Å²) >= 11 is 0. The van der Waals surface area contributed by atoms with Crippen LogP contribution < -0.4 is 0 Å². The summed E-state index contributed by atoms with van der Waals surface area (Å²) in [4.78, 5) is 14.7. The minimum Gasteiger partial charge on any atom is -0.478 e. The maximum atomic E-state index is 13.1. The molecular weight excluding hydrogens is 221 g/mol. The van der Waals surface area contributed by atoms with Crippen molar-refractivity contribution >= 4 is 5.97 Å². The molecule has 0 spiro atoms. The first-order valence-electron chi connectivity index (χ1n) is 5.04. The molecule has 0 bridgehead atoms. The van der Waals surface area contributed by atoms with E-state index in [0.29, 0.717) is 11.3 Å². The van der Waals surface area contributed by atoms with E-state index in [0.717, 1.165) is 5.56 Å². The monoisotopic (exact) mass is 231 g/mol. The predicted octanol–water partition coefficient (Wildman–Crippen LogP) is 2.89. The second-order valence-electron chi connectivity index (χ2n) is 3.70. The first-order chi connectivity index (χ1) is 8.08. The fourth-order valence-corrected chi connectivity index (χ4v) is 1.55. The Hall–Kier alpha value is -2.23. The molecule has 1 heterocycles. The van der Waals surface area contributed by atoms with Crippen LogP contribution in [-0.4, -0.2) is 16.1 Å². The van der Waals surface area contributed by atoms with Gasteiger partial charge in [0.1, 0.15) is 5.82 Å². The Morgan fingerprint density at radius 1 is 1.29 bits per heavy atom. The third-order valence-corrected chi connectivity index (χ3v) is 2.49. The van der Waals surface area contributed by atoms with E-state index in [2.05, 4.69) is 4.98 Å². The topological polar surface area (TPSA) is 50.2 Å². The zero-order chi connectivity index (χ0) is 12.4. The SMILES string of the molecule is Cc1ccc(F)cc1-c1ccc(C(=O)O)cn1. The molecule has 0 atom stereocenters. The normalized spacial score (nSPS) is 10.2. The molecule has 2 rings (SSSR count). The summed E-state index contributed by atoms with van der Waals surface area (Å²) < 4.78 is 13.1. The Labute approximate surface area is 97.6 Å². The molecule has 86 valence electrons. The zero-order valence-electron chi connectivity index (χ0n) is 9.14. The van der Waals surface area contributed by atoms with Crippen molar-refractivity contribution in [3.05, 3.63) is 53.5 Å². The maximum Gasteiger partial charge on any atom is 0.337 e. The van der Waals surface area contributed by atoms with Gasteiger partial charge in [0.2, 0.25) is 0 Å². The van der Waals surface area contributed by atoms with E-state index in [1.165, 1.54) is 24.4 Å². The van der Waals surface area contributed by atoms with E-state index in [9.17, 15) is 9.18 Å². The number of halogens is 1. The molecule has 1 aromatic heterocycles. The largest absolute Gasteiger partial charge is 0.478 e. The lowest BCUT2D eigenvalue weighted by Gasteiger charge is -2.05. The second kappa shape index (κ2) is 4.33. The summed E-state index contributed by atoms with van der Waals surface area (Å²) in [6.45, 7) is 1.85. The van der Waals surface area contributed by atoms with Gasteiger partial charge in [0.05, 0.1) is 11.3 Å². The van der Waals surface area contributed by atoms with Gasteiger partial charge in [-0.15, -0.1) is 0 Å². The molecule has 0 saturated heterocycles. The van der Waals surface area contributed by atoms with Crippen LogP contribution in [0, 0.1) is 12.7 Å². The van der Waals surface area contributed by atoms with Crippen LogP contribution in [0.2, 0.25) is 0 Å². The number of carbonyl (C=O) groups is 1. The van der Waals surface area contributed by atoms with Crippen molar-refractivity contribution in [1.29, 1.82) is 0 Å². The Balaban J connectivity index is 2.46. The smallest absolute Gasteiger partial charge is 0.337 e. The number of aromatic carboxylic acids is 1. The van der Waals surface area contributed by atoms with Crippen LogP contribution in [0.4, 0.5) is 4.39 Å². The van der Waals surface area contributed by atoms with Crippen LogP contribution in [0.25, 0.3) is 11.3 Å². The van der Waals surface area contributed by atoms with Gasteiger partial charge in [0, 0.05) is 11.8 Å². The van der Waals surface area contributed by atoms with Crippen molar-refractivity contribution in [1.82, 2.24) is 4.98 Å². The van der Waals surface area contributed by atoms with E-state index in [1.54, 1.807) is 12.1 Å². The van der Waals surface area contributed by atoms with Gasteiger partial charge < -0.3 is 5.11 Å². The lowest BCUT2D eigenvalue weighted by molar-refractivity contribution is 0.0696. The van der Waals surface area contributed by atoms with Crippen molar-refractivity contribution in [2.75, 3.05) is 0 Å². The van der Waals surface area contributed by atoms with Crippen molar-refractivity contribution in [3.8, 4) is 11.3 Å². The summed E-state index contributed by atoms with van der Waals surface area (Å²) in [5.41, 5.74) is 2.23. The molecule has 1 aromatic carbocycles. The van der Waals surface area contributed by atoms with Gasteiger partial charge in [-0.3, -0.25) is 4.98 Å². The third-order valence-electron chi connectivity index (χ3n) is 2.49. The number of carboxylic acids is 1. The number of nitrogens with zero attached hydrogens (tertiary/aromatic N) is 1. The molecule has 0 amide bonds. The van der Waals surface area contributed by atoms with E-state index in [1.807, 2.05) is 6.92 Å². The highest BCUT2D eigenvalue weighted by molar-refractivity contribution is 5.87. The summed E-state index contributed by atoms with van der Waals surface area (Å²) in [5, 5.41) is 8.74. The van der Waals surface area contributed by atoms with E-state index in [4.69, 9.17) is 5.11 Å². The molecule has 0 saturated carbocycles. The molecule has 0 unspecified atom stereocenters. The van der Waals surface area contributed by atoms with E-state index >= 15 is 0 Å². The van der Waals surface area contributed by atoms with Crippen LogP contribution in [-0.2, 0) is 0 Å². The third kappa shape index (κ3) is 2.30. The highest BCUT2D eigenvalue weighted by Gasteiger charge is 2.07. The Bertz CT molecular complexity index is 564. The Kier molecular flexibility index (Phi) is 2.87. The average molecular weight is 231 g/mol. The minimum absolute atomic E-state index is 0.114. The number of hydrogen-bond donors (Lipinski definition) is 1. The number of benzene rings is 1. The molecule has 0 aliphatic rings. The van der Waals surface area contributed by atoms with Crippen LogP contribution in [0.1, 0.15) is 15.9 Å². The molecule has 1 N–H and O–H groups in total. The predicted molar refractivity (Wildman–Crippen MR) is 61.3 cm³/mol. The van der Waals surface area contributed by atoms with Crippen LogP contribution >= 0.6 is 0 Å². The summed E-state index contributed by atoms with van der Waals surface area (Å²) in [7, 11) is 0. The van der Waals surface area contributed by atoms with Gasteiger partial charge in [0.25, 0.3) is 0 Å². The molecule has 0 aliphatic carbocycles. The first kappa shape index (κ1) is 11.3. The molecular formula is C13H10FNO2. The van der Waals surface area contributed by atoms with Gasteiger partial charge in [-0.2, -0.15) is 0 Å². The van der Waals surface area contributed by atoms with Crippen LogP contribution in [0.5, 0.6) is 0 Å². The van der Waals surface area contributed by atoms with Gasteiger partial charge in [0.15, 0.2) is 0 Å². The first-order valence-corrected chi connectivity index (χ1v) is 5.04. The number of carboxylic acid groups (broad SMARTS) is 1. The lowest BCUT2D eigenvalue weighted by atomic mass is 10.0. The zero-order valence-corrected chi connectivity index (χ0v) is 9.14. The fourth-order valence-electron chi connectivity index (χ4n) is 1.55. The number of aryl methyl sites for hydroxylation is 1. The van der Waals surface area contributed by atoms with E-state index in [-0.39, 0.29) is 11.4 Å². The maximum absolute atomic E-state index is 13.1. The van der Waals surface area contributed by atoms with Crippen molar-refractivity contribution < 1.29 is 14.3 Å². The molecule has 0 fully saturated rings. The van der Waals surface area contributed by atoms with Crippen LogP contribution in [0.3, 0.4) is 0 Å². The lowest BCUT2D eigenvalue weighted by Crippen LogP contribution is -1.97. The van der Waals surface area contributed by atoms with Crippen molar-refractivity contribution in [3.63, 3.8) is 0 Å². The van der Waals surface area contributed by atoms with Crippen molar-refractivity contribution in [2.24, 2.45) is 0 Å². The standard InChI is InChI=1S/C13H10FNO2/c1-8-2-4-10(14)6-11(8)12-5-3-9(7-15-12)13(16)17/h2-7H,1H3,(H,16,17). The average Bonchev–Trinajstić information content (AvgIpc) is 2.32. The number of hydrogen-bond acceptors (Lipinski definition) is 2. The number of rotatable bonds is 2. The minimum atomic E-state index is -1.03. The second-order valence-corrected chi connectivity index (χ2v) is 3.70. The highest BCUT2D eigenvalue weighted by atomic mass is 19.1. The molecule has 4 heteroatoms. The quantitative estimate of drug-likeness (QED) is 0.864. The summed E-state index contributed by atoms with van der Waals surface area (Å²) in [5.74, 6) is -1.37. The highest BCUT2D eigenvalue weighted by Crippen LogP contribution is 2.22. The molecule has 2 aromatic rings. The summed E-state index contributed by atoms with van der Waals surface area (Å²) in [6, 6.07) is 7.46. The van der Waals surface area contributed by atoms with Gasteiger partial charge in [-0.25, -0.2) is 9.18 Å². The van der Waals surface area contributed by atoms with Gasteiger partial charge in [-0.05, 0) is 36.8 Å². The molecule has 0 aliphatic heterocycles. The van der Waals surface area contributed by atoms with Crippen LogP contribution in [0.15, 0.2) is 36.5 Å². The van der Waals surface area contributed by atoms with Crippen molar-refractivity contribution in [2.45, 2.75) is 6.92 Å². The number of pyridine rings is 1. The Morgan fingerprint density at radius 2 is 2.06 bits per heavy atom.